The molecule has 0 amide bonds. The van der Waals surface area contributed by atoms with Gasteiger partial charge < -0.3 is 0 Å². The number of ketones is 2. The molecule has 3 atom stereocenters. The third-order valence-corrected chi connectivity index (χ3v) is 7.61. The van der Waals surface area contributed by atoms with Gasteiger partial charge in [0.2, 0.25) is 0 Å². The highest BCUT2D eigenvalue weighted by molar-refractivity contribution is 6.16. The third kappa shape index (κ3) is 8.87. The summed E-state index contributed by atoms with van der Waals surface area (Å²) in [6.07, 6.45) is 14.9. The lowest BCUT2D eigenvalue weighted by Gasteiger charge is -2.31. The fraction of sp³-hybridized carbons (Fsp3) is 0.677. The predicted octanol–water partition coefficient (Wildman–Crippen LogP) is 9.24. The van der Waals surface area contributed by atoms with Crippen molar-refractivity contribution in [2.45, 2.75) is 112 Å². The number of allylic oxidation sites excluding steroid dienone is 2. The van der Waals surface area contributed by atoms with E-state index in [-0.39, 0.29) is 11.6 Å². The van der Waals surface area contributed by atoms with Crippen molar-refractivity contribution < 1.29 is 9.59 Å². The average Bonchev–Trinajstić information content (AvgIpc) is 2.76. The van der Waals surface area contributed by atoms with Crippen molar-refractivity contribution in [1.29, 1.82) is 0 Å². The molecule has 0 bridgehead atoms. The second kappa shape index (κ2) is 13.3. The normalized spacial score (nSPS) is 20.8. The van der Waals surface area contributed by atoms with Crippen LogP contribution in [0.5, 0.6) is 0 Å². The molecular formula is C31H48O2. The fourth-order valence-electron chi connectivity index (χ4n) is 5.15. The van der Waals surface area contributed by atoms with Crippen LogP contribution in [0.25, 0.3) is 0 Å². The molecule has 33 heavy (non-hydrogen) atoms. The highest BCUT2D eigenvalue weighted by Gasteiger charge is 2.41. The Bertz CT molecular complexity index is 803. The van der Waals surface area contributed by atoms with Gasteiger partial charge in [-0.3, -0.25) is 9.59 Å². The Balaban J connectivity index is 1.69. The van der Waals surface area contributed by atoms with E-state index in [9.17, 15) is 9.59 Å². The smallest absolute Gasteiger partial charge is 0.170 e. The van der Waals surface area contributed by atoms with Crippen molar-refractivity contribution >= 4 is 11.6 Å². The second-order valence-electron chi connectivity index (χ2n) is 11.6. The Labute approximate surface area is 203 Å². The predicted molar refractivity (Wildman–Crippen MR) is 141 cm³/mol. The number of benzene rings is 1. The largest absolute Gasteiger partial charge is 0.294 e. The molecule has 0 spiro atoms. The van der Waals surface area contributed by atoms with Crippen molar-refractivity contribution in [2.75, 3.05) is 0 Å². The van der Waals surface area contributed by atoms with Crippen LogP contribution in [-0.2, 0) is 0 Å². The molecule has 1 aliphatic carbocycles. The average molecular weight is 453 g/mol. The van der Waals surface area contributed by atoms with Gasteiger partial charge in [0.25, 0.3) is 0 Å². The molecule has 0 saturated carbocycles. The van der Waals surface area contributed by atoms with Gasteiger partial charge in [0.1, 0.15) is 0 Å². The monoisotopic (exact) mass is 452 g/mol. The minimum atomic E-state index is -0.605. The summed E-state index contributed by atoms with van der Waals surface area (Å²) >= 11 is 0. The molecule has 0 fully saturated rings. The van der Waals surface area contributed by atoms with Gasteiger partial charge in [0, 0.05) is 23.0 Å². The van der Waals surface area contributed by atoms with Crippen molar-refractivity contribution in [3.8, 4) is 0 Å². The summed E-state index contributed by atoms with van der Waals surface area (Å²) in [4.78, 5) is 25.6. The quantitative estimate of drug-likeness (QED) is 0.264. The lowest BCUT2D eigenvalue weighted by molar-refractivity contribution is 0.0717. The Morgan fingerprint density at radius 2 is 1.42 bits per heavy atom. The molecule has 0 saturated heterocycles. The molecule has 1 aromatic rings. The first-order valence-electron chi connectivity index (χ1n) is 13.4. The van der Waals surface area contributed by atoms with Crippen LogP contribution in [-0.4, -0.2) is 11.6 Å². The molecule has 0 aliphatic heterocycles. The van der Waals surface area contributed by atoms with Crippen LogP contribution >= 0.6 is 0 Å². The van der Waals surface area contributed by atoms with Crippen molar-refractivity contribution in [1.82, 2.24) is 0 Å². The van der Waals surface area contributed by atoms with Gasteiger partial charge in [-0.2, -0.15) is 0 Å². The number of carbonyl (C=O) groups is 2. The molecule has 1 aliphatic rings. The summed E-state index contributed by atoms with van der Waals surface area (Å²) in [6.45, 7) is 13.6. The maximum atomic E-state index is 13.1. The zero-order valence-electron chi connectivity index (χ0n) is 22.2. The minimum Gasteiger partial charge on any atom is -0.294 e. The lowest BCUT2D eigenvalue weighted by atomic mass is 9.69. The molecular weight excluding hydrogens is 404 g/mol. The molecule has 0 aromatic heterocycles. The Hall–Kier alpha value is -1.70. The van der Waals surface area contributed by atoms with Gasteiger partial charge >= 0.3 is 0 Å². The highest BCUT2D eigenvalue weighted by atomic mass is 16.1. The number of carbonyl (C=O) groups excluding carboxylic acids is 2. The van der Waals surface area contributed by atoms with Crippen LogP contribution in [0.3, 0.4) is 0 Å². The van der Waals surface area contributed by atoms with E-state index >= 15 is 0 Å². The molecule has 2 heteroatoms. The summed E-state index contributed by atoms with van der Waals surface area (Å²) < 4.78 is 0. The zero-order valence-corrected chi connectivity index (χ0v) is 22.2. The van der Waals surface area contributed by atoms with Gasteiger partial charge in [-0.05, 0) is 43.9 Å². The lowest BCUT2D eigenvalue weighted by Crippen LogP contribution is -2.36. The summed E-state index contributed by atoms with van der Waals surface area (Å²) in [5, 5.41) is 0. The summed E-state index contributed by atoms with van der Waals surface area (Å²) in [7, 11) is 0. The Morgan fingerprint density at radius 1 is 0.879 bits per heavy atom. The number of rotatable bonds is 14. The van der Waals surface area contributed by atoms with E-state index < -0.39 is 5.41 Å². The summed E-state index contributed by atoms with van der Waals surface area (Å²) in [5.41, 5.74) is 1.94. The first kappa shape index (κ1) is 27.5. The van der Waals surface area contributed by atoms with Crippen LogP contribution in [0.15, 0.2) is 35.9 Å². The molecule has 2 rings (SSSR count). The standard InChI is InChI=1S/C31H48O2/c1-23(2)12-9-13-24(3)14-10-15-25(4)16-11-17-26(5)20-21-31(6)22-29(32)27-18-7-8-19-28(27)30(31)33/h7-8,18-20,23-25H,9-17,21-22H2,1-6H3/b26-20+. The first-order chi connectivity index (χ1) is 15.6. The van der Waals surface area contributed by atoms with Gasteiger partial charge in [0.05, 0.1) is 0 Å². The van der Waals surface area contributed by atoms with Gasteiger partial charge in [0.15, 0.2) is 11.6 Å². The van der Waals surface area contributed by atoms with Gasteiger partial charge in [-0.15, -0.1) is 0 Å². The topological polar surface area (TPSA) is 34.1 Å². The van der Waals surface area contributed by atoms with E-state index in [0.29, 0.717) is 24.0 Å². The zero-order chi connectivity index (χ0) is 24.4. The highest BCUT2D eigenvalue weighted by Crippen LogP contribution is 2.38. The Kier molecular flexibility index (Phi) is 11.1. The van der Waals surface area contributed by atoms with Crippen LogP contribution in [0.4, 0.5) is 0 Å². The van der Waals surface area contributed by atoms with Gasteiger partial charge in [-0.25, -0.2) is 0 Å². The van der Waals surface area contributed by atoms with Gasteiger partial charge in [-0.1, -0.05) is 115 Å². The molecule has 0 radical (unpaired) electrons. The van der Waals surface area contributed by atoms with E-state index in [2.05, 4.69) is 40.7 Å². The fourth-order valence-corrected chi connectivity index (χ4v) is 5.15. The number of Topliss-reactive ketones (excluding diaryl/α,β-unsaturated/α-hetero) is 2. The van der Waals surface area contributed by atoms with Crippen molar-refractivity contribution in [3.05, 3.63) is 47.0 Å². The maximum absolute atomic E-state index is 13.1. The molecule has 3 unspecified atom stereocenters. The van der Waals surface area contributed by atoms with Crippen LogP contribution in [0.2, 0.25) is 0 Å². The molecule has 184 valence electrons. The van der Waals surface area contributed by atoms with E-state index in [4.69, 9.17) is 0 Å². The number of hydrogen-bond acceptors (Lipinski definition) is 2. The van der Waals surface area contributed by atoms with E-state index in [1.807, 2.05) is 19.1 Å². The molecule has 0 N–H and O–H groups in total. The van der Waals surface area contributed by atoms with E-state index in [0.717, 1.165) is 24.2 Å². The Morgan fingerprint density at radius 3 is 2.03 bits per heavy atom. The molecule has 2 nitrogen and oxygen atoms in total. The number of hydrogen-bond donors (Lipinski definition) is 0. The van der Waals surface area contributed by atoms with Crippen molar-refractivity contribution in [2.24, 2.45) is 23.2 Å². The molecule has 1 aromatic carbocycles. The van der Waals surface area contributed by atoms with Crippen LogP contribution < -0.4 is 0 Å². The van der Waals surface area contributed by atoms with Crippen LogP contribution in [0.1, 0.15) is 133 Å². The second-order valence-corrected chi connectivity index (χ2v) is 11.6. The SMILES string of the molecule is C/C(=C\CC1(C)CC(=O)c2ccccc2C1=O)CCCC(C)CCCC(C)CCCC(C)C. The minimum absolute atomic E-state index is 0.0989. The van der Waals surface area contributed by atoms with E-state index in [1.165, 1.54) is 56.9 Å². The maximum Gasteiger partial charge on any atom is 0.170 e. The summed E-state index contributed by atoms with van der Waals surface area (Å²) in [5.74, 6) is 2.70. The first-order valence-corrected chi connectivity index (χ1v) is 13.4. The third-order valence-electron chi connectivity index (χ3n) is 7.61. The summed E-state index contributed by atoms with van der Waals surface area (Å²) in [6, 6.07) is 7.28. The van der Waals surface area contributed by atoms with Crippen LogP contribution in [0, 0.1) is 23.2 Å². The molecule has 0 heterocycles. The van der Waals surface area contributed by atoms with Crippen molar-refractivity contribution in [3.63, 3.8) is 0 Å². The number of fused-ring (bicyclic) bond motifs is 1. The van der Waals surface area contributed by atoms with E-state index in [1.54, 1.807) is 12.1 Å².